The van der Waals surface area contributed by atoms with Crippen molar-refractivity contribution in [3.8, 4) is 0 Å². The van der Waals surface area contributed by atoms with Crippen LogP contribution in [0.1, 0.15) is 25.0 Å². The molecular weight excluding hydrogens is 216 g/mol. The Morgan fingerprint density at radius 2 is 2.24 bits per heavy atom. The molecular formula is C12H20N4O. The molecule has 0 aliphatic rings. The summed E-state index contributed by atoms with van der Waals surface area (Å²) in [7, 11) is 0. The van der Waals surface area contributed by atoms with E-state index in [0.717, 1.165) is 18.5 Å². The second-order valence-corrected chi connectivity index (χ2v) is 3.93. The molecule has 0 fully saturated rings. The molecule has 0 aromatic carbocycles. The van der Waals surface area contributed by atoms with Gasteiger partial charge in [-0.3, -0.25) is 9.78 Å². The van der Waals surface area contributed by atoms with Crippen molar-refractivity contribution in [2.45, 2.75) is 31.8 Å². The number of hydrogen-bond donors (Lipinski definition) is 3. The first-order chi connectivity index (χ1) is 8.24. The molecule has 0 radical (unpaired) electrons. The SMILES string of the molecule is NCCCC[C@H](N)C(=O)NCc1ccccn1. The molecule has 17 heavy (non-hydrogen) atoms. The minimum Gasteiger partial charge on any atom is -0.349 e. The van der Waals surface area contributed by atoms with E-state index in [4.69, 9.17) is 11.5 Å². The standard InChI is InChI=1S/C12H20N4O/c13-7-3-1-6-11(14)12(17)16-9-10-5-2-4-8-15-10/h2,4-5,8,11H,1,3,6-7,9,13-14H2,(H,16,17)/t11-/m0/s1. The lowest BCUT2D eigenvalue weighted by atomic mass is 10.1. The Morgan fingerprint density at radius 1 is 1.41 bits per heavy atom. The van der Waals surface area contributed by atoms with Crippen LogP contribution in [0, 0.1) is 0 Å². The normalized spacial score (nSPS) is 12.1. The van der Waals surface area contributed by atoms with E-state index in [1.54, 1.807) is 6.20 Å². The van der Waals surface area contributed by atoms with Crippen molar-refractivity contribution in [3.05, 3.63) is 30.1 Å². The summed E-state index contributed by atoms with van der Waals surface area (Å²) < 4.78 is 0. The van der Waals surface area contributed by atoms with Crippen LogP contribution in [-0.4, -0.2) is 23.5 Å². The highest BCUT2D eigenvalue weighted by molar-refractivity contribution is 5.81. The van der Waals surface area contributed by atoms with E-state index in [1.807, 2.05) is 18.2 Å². The Labute approximate surface area is 102 Å². The van der Waals surface area contributed by atoms with Crippen LogP contribution in [-0.2, 0) is 11.3 Å². The minimum atomic E-state index is -0.453. The minimum absolute atomic E-state index is 0.132. The summed E-state index contributed by atoms with van der Waals surface area (Å²) in [5, 5.41) is 2.77. The van der Waals surface area contributed by atoms with Crippen LogP contribution in [0.5, 0.6) is 0 Å². The number of hydrogen-bond acceptors (Lipinski definition) is 4. The van der Waals surface area contributed by atoms with Gasteiger partial charge in [-0.05, 0) is 31.5 Å². The number of nitrogens with two attached hydrogens (primary N) is 2. The van der Waals surface area contributed by atoms with E-state index < -0.39 is 6.04 Å². The van der Waals surface area contributed by atoms with Gasteiger partial charge in [0, 0.05) is 6.20 Å². The lowest BCUT2D eigenvalue weighted by Gasteiger charge is -2.11. The predicted molar refractivity (Wildman–Crippen MR) is 67.0 cm³/mol. The summed E-state index contributed by atoms with van der Waals surface area (Å²) in [5.41, 5.74) is 12.0. The van der Waals surface area contributed by atoms with E-state index in [1.165, 1.54) is 0 Å². The first kappa shape index (κ1) is 13.6. The number of nitrogens with one attached hydrogen (secondary N) is 1. The van der Waals surface area contributed by atoms with E-state index in [2.05, 4.69) is 10.3 Å². The van der Waals surface area contributed by atoms with Crippen LogP contribution < -0.4 is 16.8 Å². The highest BCUT2D eigenvalue weighted by atomic mass is 16.2. The second-order valence-electron chi connectivity index (χ2n) is 3.93. The zero-order chi connectivity index (χ0) is 12.5. The fourth-order valence-corrected chi connectivity index (χ4v) is 1.45. The third kappa shape index (κ3) is 5.42. The zero-order valence-corrected chi connectivity index (χ0v) is 9.93. The zero-order valence-electron chi connectivity index (χ0n) is 9.93. The molecule has 0 aliphatic carbocycles. The van der Waals surface area contributed by atoms with E-state index in [0.29, 0.717) is 19.5 Å². The van der Waals surface area contributed by atoms with Gasteiger partial charge < -0.3 is 16.8 Å². The number of aromatic nitrogens is 1. The largest absolute Gasteiger partial charge is 0.349 e. The Morgan fingerprint density at radius 3 is 2.88 bits per heavy atom. The van der Waals surface area contributed by atoms with Gasteiger partial charge in [-0.2, -0.15) is 0 Å². The van der Waals surface area contributed by atoms with Crippen molar-refractivity contribution in [1.29, 1.82) is 0 Å². The molecule has 1 aromatic rings. The van der Waals surface area contributed by atoms with Crippen molar-refractivity contribution in [3.63, 3.8) is 0 Å². The molecule has 5 N–H and O–H groups in total. The summed E-state index contributed by atoms with van der Waals surface area (Å²) in [6.45, 7) is 1.06. The van der Waals surface area contributed by atoms with Crippen LogP contribution in [0.2, 0.25) is 0 Å². The maximum Gasteiger partial charge on any atom is 0.237 e. The summed E-state index contributed by atoms with van der Waals surface area (Å²) in [4.78, 5) is 15.7. The van der Waals surface area contributed by atoms with Crippen molar-refractivity contribution in [1.82, 2.24) is 10.3 Å². The average Bonchev–Trinajstić information content (AvgIpc) is 2.37. The third-order valence-electron chi connectivity index (χ3n) is 2.48. The highest BCUT2D eigenvalue weighted by Crippen LogP contribution is 1.99. The number of unbranched alkanes of at least 4 members (excludes halogenated alkanes) is 1. The monoisotopic (exact) mass is 236 g/mol. The number of rotatable bonds is 7. The Bertz CT molecular complexity index is 329. The van der Waals surface area contributed by atoms with Crippen LogP contribution in [0.25, 0.3) is 0 Å². The molecule has 5 heteroatoms. The summed E-state index contributed by atoms with van der Waals surface area (Å²) >= 11 is 0. The molecule has 0 bridgehead atoms. The fraction of sp³-hybridized carbons (Fsp3) is 0.500. The molecule has 0 spiro atoms. The Kier molecular flexibility index (Phi) is 6.21. The fourth-order valence-electron chi connectivity index (χ4n) is 1.45. The van der Waals surface area contributed by atoms with E-state index in [-0.39, 0.29) is 5.91 Å². The quantitative estimate of drug-likeness (QED) is 0.587. The van der Waals surface area contributed by atoms with Crippen molar-refractivity contribution in [2.75, 3.05) is 6.54 Å². The second kappa shape index (κ2) is 7.76. The predicted octanol–water partition coefficient (Wildman–Crippen LogP) is 0.154. The molecule has 0 aliphatic heterocycles. The van der Waals surface area contributed by atoms with Gasteiger partial charge in [-0.15, -0.1) is 0 Å². The maximum atomic E-state index is 11.6. The first-order valence-corrected chi connectivity index (χ1v) is 5.87. The van der Waals surface area contributed by atoms with Crippen LogP contribution in [0.15, 0.2) is 24.4 Å². The van der Waals surface area contributed by atoms with Gasteiger partial charge in [0.2, 0.25) is 5.91 Å². The summed E-state index contributed by atoms with van der Waals surface area (Å²) in [6, 6.07) is 5.13. The van der Waals surface area contributed by atoms with Gasteiger partial charge in [0.25, 0.3) is 0 Å². The van der Waals surface area contributed by atoms with Gasteiger partial charge in [0.05, 0.1) is 18.3 Å². The topological polar surface area (TPSA) is 94.0 Å². The molecule has 0 saturated heterocycles. The molecule has 1 amide bonds. The number of carbonyl (C=O) groups excluding carboxylic acids is 1. The van der Waals surface area contributed by atoms with Crippen molar-refractivity contribution < 1.29 is 4.79 Å². The summed E-state index contributed by atoms with van der Waals surface area (Å²) in [5.74, 6) is -0.132. The van der Waals surface area contributed by atoms with Gasteiger partial charge in [-0.1, -0.05) is 12.5 Å². The molecule has 5 nitrogen and oxygen atoms in total. The van der Waals surface area contributed by atoms with E-state index >= 15 is 0 Å². The highest BCUT2D eigenvalue weighted by Gasteiger charge is 2.12. The lowest BCUT2D eigenvalue weighted by Crippen LogP contribution is -2.40. The Balaban J connectivity index is 2.24. The number of nitrogens with zero attached hydrogens (tertiary/aromatic N) is 1. The molecule has 1 rings (SSSR count). The van der Waals surface area contributed by atoms with Gasteiger partial charge in [0.15, 0.2) is 0 Å². The molecule has 1 aromatic heterocycles. The van der Waals surface area contributed by atoms with Gasteiger partial charge in [-0.25, -0.2) is 0 Å². The smallest absolute Gasteiger partial charge is 0.237 e. The lowest BCUT2D eigenvalue weighted by molar-refractivity contribution is -0.122. The molecule has 0 saturated carbocycles. The first-order valence-electron chi connectivity index (χ1n) is 5.87. The maximum absolute atomic E-state index is 11.6. The number of amides is 1. The van der Waals surface area contributed by atoms with Gasteiger partial charge >= 0.3 is 0 Å². The van der Waals surface area contributed by atoms with Crippen molar-refractivity contribution >= 4 is 5.91 Å². The molecule has 94 valence electrons. The Hall–Kier alpha value is -1.46. The van der Waals surface area contributed by atoms with Crippen LogP contribution in [0.3, 0.4) is 0 Å². The molecule has 1 atom stereocenters. The van der Waals surface area contributed by atoms with Crippen LogP contribution >= 0.6 is 0 Å². The third-order valence-corrected chi connectivity index (χ3v) is 2.48. The number of carbonyl (C=O) groups is 1. The van der Waals surface area contributed by atoms with Gasteiger partial charge in [0.1, 0.15) is 0 Å². The average molecular weight is 236 g/mol. The molecule has 1 heterocycles. The van der Waals surface area contributed by atoms with E-state index in [9.17, 15) is 4.79 Å². The summed E-state index contributed by atoms with van der Waals surface area (Å²) in [6.07, 6.45) is 4.16. The van der Waals surface area contributed by atoms with Crippen LogP contribution in [0.4, 0.5) is 0 Å². The number of pyridine rings is 1. The molecule has 0 unspecified atom stereocenters. The van der Waals surface area contributed by atoms with Crippen molar-refractivity contribution in [2.24, 2.45) is 11.5 Å².